The van der Waals surface area contributed by atoms with Crippen LogP contribution in [0.3, 0.4) is 0 Å². The molecule has 2 aliphatic carbocycles. The number of benzene rings is 1. The second-order valence-corrected chi connectivity index (χ2v) is 8.27. The van der Waals surface area contributed by atoms with Crippen LogP contribution in [-0.4, -0.2) is 17.5 Å². The highest BCUT2D eigenvalue weighted by atomic mass is 35.5. The van der Waals surface area contributed by atoms with Gasteiger partial charge in [-0.25, -0.2) is 4.99 Å². The average Bonchev–Trinajstić information content (AvgIpc) is 3.18. The molecule has 28 heavy (non-hydrogen) atoms. The third-order valence-electron chi connectivity index (χ3n) is 6.25. The van der Waals surface area contributed by atoms with Crippen molar-refractivity contribution in [3.05, 3.63) is 69.9 Å². The largest absolute Gasteiger partial charge is 0.325 e. The zero-order valence-electron chi connectivity index (χ0n) is 16.1. The molecular weight excluding hydrogens is 372 g/mol. The van der Waals surface area contributed by atoms with Crippen LogP contribution in [0.5, 0.6) is 0 Å². The molecule has 2 amide bonds. The molecule has 1 atom stereocenters. The van der Waals surface area contributed by atoms with Gasteiger partial charge < -0.3 is 5.32 Å². The predicted octanol–water partition coefficient (Wildman–Crippen LogP) is 4.66. The first-order chi connectivity index (χ1) is 13.4. The zero-order valence-corrected chi connectivity index (χ0v) is 16.8. The molecular formula is C23H23ClN2O2. The van der Waals surface area contributed by atoms with Crippen LogP contribution in [0.4, 0.5) is 0 Å². The zero-order chi connectivity index (χ0) is 19.9. The molecule has 0 aromatic heterocycles. The molecule has 1 aromatic rings. The number of hydrogen-bond acceptors (Lipinski definition) is 2. The number of carbonyl (C=O) groups excluding carboxylic acids is 2. The van der Waals surface area contributed by atoms with Gasteiger partial charge in [0, 0.05) is 22.2 Å². The Morgan fingerprint density at radius 3 is 2.54 bits per heavy atom. The van der Waals surface area contributed by atoms with Crippen molar-refractivity contribution < 1.29 is 9.59 Å². The lowest BCUT2D eigenvalue weighted by Gasteiger charge is -2.29. The second kappa shape index (κ2) is 7.17. The first kappa shape index (κ1) is 18.9. The Balaban J connectivity index is 1.66. The lowest BCUT2D eigenvalue weighted by Crippen LogP contribution is -2.36. The standard InChI is InChI=1S/C23H23ClN2O2/c1-14-15(2)21(27)26-20-13-18(9-10-19(14)20)25-22(28)23(11-3-4-12-23)16-5-7-17(24)8-6-16/h5-10,13,19H,3-4,11-12H2,1-2H3,(H,26,27). The van der Waals surface area contributed by atoms with Gasteiger partial charge in [-0.05, 0) is 56.5 Å². The highest BCUT2D eigenvalue weighted by Gasteiger charge is 2.42. The van der Waals surface area contributed by atoms with Gasteiger partial charge >= 0.3 is 0 Å². The highest BCUT2D eigenvalue weighted by Crippen LogP contribution is 2.42. The molecule has 1 aromatic carbocycles. The molecule has 1 heterocycles. The minimum atomic E-state index is -0.580. The Kier molecular flexibility index (Phi) is 4.84. The smallest absolute Gasteiger partial charge is 0.256 e. The van der Waals surface area contributed by atoms with Crippen LogP contribution in [-0.2, 0) is 15.0 Å². The van der Waals surface area contributed by atoms with Crippen LogP contribution in [0, 0.1) is 5.92 Å². The maximum atomic E-state index is 13.3. The third kappa shape index (κ3) is 3.16. The van der Waals surface area contributed by atoms with Gasteiger partial charge in [0.1, 0.15) is 0 Å². The van der Waals surface area contributed by atoms with E-state index in [0.717, 1.165) is 48.1 Å². The van der Waals surface area contributed by atoms with Crippen molar-refractivity contribution in [3.8, 4) is 0 Å². The molecule has 1 N–H and O–H groups in total. The number of hydrogen-bond donors (Lipinski definition) is 1. The topological polar surface area (TPSA) is 58.5 Å². The summed E-state index contributed by atoms with van der Waals surface area (Å²) in [6, 6.07) is 7.55. The monoisotopic (exact) mass is 394 g/mol. The molecule has 1 saturated carbocycles. The van der Waals surface area contributed by atoms with Gasteiger partial charge in [0.2, 0.25) is 0 Å². The summed E-state index contributed by atoms with van der Waals surface area (Å²) in [5.74, 6) is -0.161. The molecule has 3 aliphatic rings. The summed E-state index contributed by atoms with van der Waals surface area (Å²) >= 11 is 6.03. The summed E-state index contributed by atoms with van der Waals surface area (Å²) in [4.78, 5) is 29.9. The van der Waals surface area contributed by atoms with E-state index in [2.05, 4.69) is 10.3 Å². The minimum absolute atomic E-state index is 0.0449. The number of rotatable bonds is 2. The number of amides is 2. The van der Waals surface area contributed by atoms with Crippen molar-refractivity contribution in [2.45, 2.75) is 44.9 Å². The van der Waals surface area contributed by atoms with Crippen LogP contribution in [0.2, 0.25) is 5.02 Å². The molecule has 0 radical (unpaired) electrons. The highest BCUT2D eigenvalue weighted by molar-refractivity contribution is 6.30. The molecule has 1 aliphatic heterocycles. The summed E-state index contributed by atoms with van der Waals surface area (Å²) in [6.45, 7) is 3.80. The molecule has 4 nitrogen and oxygen atoms in total. The minimum Gasteiger partial charge on any atom is -0.325 e. The van der Waals surface area contributed by atoms with Crippen molar-refractivity contribution in [2.24, 2.45) is 10.9 Å². The van der Waals surface area contributed by atoms with Gasteiger partial charge in [0.05, 0.1) is 11.1 Å². The van der Waals surface area contributed by atoms with Crippen LogP contribution in [0.25, 0.3) is 0 Å². The molecule has 1 fully saturated rings. The maximum absolute atomic E-state index is 13.3. The Morgan fingerprint density at radius 1 is 1.18 bits per heavy atom. The first-order valence-corrected chi connectivity index (χ1v) is 10.1. The van der Waals surface area contributed by atoms with Crippen molar-refractivity contribution in [1.82, 2.24) is 5.32 Å². The van der Waals surface area contributed by atoms with Gasteiger partial charge in [-0.2, -0.15) is 0 Å². The Hall–Kier alpha value is -2.46. The van der Waals surface area contributed by atoms with Crippen LogP contribution in [0.15, 0.2) is 64.3 Å². The van der Waals surface area contributed by atoms with Crippen LogP contribution >= 0.6 is 11.6 Å². The van der Waals surface area contributed by atoms with Gasteiger partial charge in [0.15, 0.2) is 0 Å². The quantitative estimate of drug-likeness (QED) is 0.793. The molecule has 144 valence electrons. The second-order valence-electron chi connectivity index (χ2n) is 7.84. The predicted molar refractivity (Wildman–Crippen MR) is 111 cm³/mol. The van der Waals surface area contributed by atoms with Gasteiger partial charge in [0.25, 0.3) is 11.8 Å². The lowest BCUT2D eigenvalue weighted by molar-refractivity contribution is -0.123. The van der Waals surface area contributed by atoms with E-state index < -0.39 is 5.41 Å². The summed E-state index contributed by atoms with van der Waals surface area (Å²) in [7, 11) is 0. The van der Waals surface area contributed by atoms with Crippen molar-refractivity contribution in [1.29, 1.82) is 0 Å². The molecule has 1 unspecified atom stereocenters. The van der Waals surface area contributed by atoms with Crippen molar-refractivity contribution in [2.75, 3.05) is 0 Å². The van der Waals surface area contributed by atoms with Crippen molar-refractivity contribution in [3.63, 3.8) is 0 Å². The van der Waals surface area contributed by atoms with Crippen LogP contribution in [0.1, 0.15) is 45.1 Å². The Morgan fingerprint density at radius 2 is 1.86 bits per heavy atom. The Bertz CT molecular complexity index is 961. The van der Waals surface area contributed by atoms with E-state index >= 15 is 0 Å². The van der Waals surface area contributed by atoms with Crippen LogP contribution < -0.4 is 5.32 Å². The lowest BCUT2D eigenvalue weighted by atomic mass is 9.78. The fraction of sp³-hybridized carbons (Fsp3) is 0.348. The average molecular weight is 395 g/mol. The molecule has 0 spiro atoms. The molecule has 0 bridgehead atoms. The summed E-state index contributed by atoms with van der Waals surface area (Å²) in [5.41, 5.74) is 3.55. The van der Waals surface area contributed by atoms with Gasteiger partial charge in [-0.3, -0.25) is 9.59 Å². The fourth-order valence-electron chi connectivity index (χ4n) is 4.39. The maximum Gasteiger partial charge on any atom is 0.256 e. The summed E-state index contributed by atoms with van der Waals surface area (Å²) < 4.78 is 0. The fourth-order valence-corrected chi connectivity index (χ4v) is 4.52. The normalized spacial score (nSPS) is 24.8. The van der Waals surface area contributed by atoms with E-state index in [1.807, 2.05) is 56.3 Å². The number of nitrogens with zero attached hydrogens (tertiary/aromatic N) is 1. The van der Waals surface area contributed by atoms with Gasteiger partial charge in [-0.1, -0.05) is 48.2 Å². The Labute approximate surface area is 170 Å². The number of nitrogens with one attached hydrogen (secondary N) is 1. The summed E-state index contributed by atoms with van der Waals surface area (Å²) in [6.07, 6.45) is 9.32. The number of fused-ring (bicyclic) bond motifs is 1. The van der Waals surface area contributed by atoms with E-state index in [4.69, 9.17) is 11.6 Å². The summed E-state index contributed by atoms with van der Waals surface area (Å²) in [5, 5.41) is 3.59. The molecule has 5 heteroatoms. The first-order valence-electron chi connectivity index (χ1n) is 9.68. The van der Waals surface area contributed by atoms with E-state index in [-0.39, 0.29) is 17.7 Å². The number of halogens is 1. The van der Waals surface area contributed by atoms with E-state index in [0.29, 0.717) is 10.7 Å². The van der Waals surface area contributed by atoms with E-state index in [1.54, 1.807) is 0 Å². The number of carbonyl (C=O) groups is 2. The van der Waals surface area contributed by atoms with Crippen molar-refractivity contribution >= 4 is 29.1 Å². The van der Waals surface area contributed by atoms with E-state index in [1.165, 1.54) is 0 Å². The number of aliphatic imine (C=N–C) groups is 1. The number of allylic oxidation sites excluding steroid dienone is 3. The SMILES string of the molecule is CC1=C(C)C2C=CC(=NC(=O)C3(c4ccc(Cl)cc4)CCCC3)C=C2NC1=O. The molecule has 0 saturated heterocycles. The molecule has 4 rings (SSSR count). The van der Waals surface area contributed by atoms with E-state index in [9.17, 15) is 9.59 Å². The third-order valence-corrected chi connectivity index (χ3v) is 6.50. The van der Waals surface area contributed by atoms with Gasteiger partial charge in [-0.15, -0.1) is 0 Å².